The molecule has 1 saturated carbocycles. The molecule has 0 bridgehead atoms. The van der Waals surface area contributed by atoms with Crippen LogP contribution in [0.3, 0.4) is 0 Å². The third-order valence-electron chi connectivity index (χ3n) is 6.72. The number of aliphatic carboxylic acids is 1. The lowest BCUT2D eigenvalue weighted by molar-refractivity contribution is -0.192. The molecule has 4 rings (SSSR count). The molecule has 44 heavy (non-hydrogen) atoms. The number of carboxylic acid groups (broad SMARTS) is 1. The van der Waals surface area contributed by atoms with Gasteiger partial charge in [-0.1, -0.05) is 32.0 Å². The molecule has 0 saturated heterocycles. The molecule has 2 aromatic carbocycles. The molecule has 0 spiro atoms. The number of alkyl halides is 8. The molecule has 0 aliphatic heterocycles. The zero-order valence-corrected chi connectivity index (χ0v) is 23.1. The van der Waals surface area contributed by atoms with Crippen molar-refractivity contribution in [3.63, 3.8) is 0 Å². The molecule has 4 N–H and O–H groups in total. The molecular formula is C28H27F8N3O5. The summed E-state index contributed by atoms with van der Waals surface area (Å²) in [6, 6.07) is 6.38. The van der Waals surface area contributed by atoms with Crippen molar-refractivity contribution in [3.8, 4) is 6.07 Å². The minimum absolute atomic E-state index is 0.0440. The normalized spacial score (nSPS) is 16.6. The second-order valence-electron chi connectivity index (χ2n) is 10.7. The van der Waals surface area contributed by atoms with Crippen LogP contribution < -0.4 is 10.6 Å². The molecule has 1 aliphatic rings. The maximum atomic E-state index is 14.2. The lowest BCUT2D eigenvalue weighted by atomic mass is 9.98. The Morgan fingerprint density at radius 3 is 2.07 bits per heavy atom. The first-order valence-electron chi connectivity index (χ1n) is 13.1. The van der Waals surface area contributed by atoms with Crippen molar-refractivity contribution in [2.24, 2.45) is 5.92 Å². The fourth-order valence-electron chi connectivity index (χ4n) is 4.34. The van der Waals surface area contributed by atoms with E-state index in [9.17, 15) is 50.3 Å². The lowest BCUT2D eigenvalue weighted by Crippen LogP contribution is -2.52. The molecule has 16 heteroatoms. The van der Waals surface area contributed by atoms with Crippen LogP contribution in [0.25, 0.3) is 21.9 Å². The van der Waals surface area contributed by atoms with E-state index in [-0.39, 0.29) is 34.6 Å². The summed E-state index contributed by atoms with van der Waals surface area (Å²) in [5.74, 6) is -3.53. The predicted molar refractivity (Wildman–Crippen MR) is 139 cm³/mol. The number of carboxylic acids is 1. The summed E-state index contributed by atoms with van der Waals surface area (Å²) in [5, 5.41) is 31.9. The predicted octanol–water partition coefficient (Wildman–Crippen LogP) is 6.30. The number of benzene rings is 2. The minimum atomic E-state index is -5.08. The number of amides is 1. The topological polar surface area (TPSA) is 136 Å². The van der Waals surface area contributed by atoms with Gasteiger partial charge in [0.25, 0.3) is 6.43 Å². The van der Waals surface area contributed by atoms with E-state index in [0.29, 0.717) is 23.6 Å². The van der Waals surface area contributed by atoms with Gasteiger partial charge in [-0.05, 0) is 54.5 Å². The van der Waals surface area contributed by atoms with Gasteiger partial charge < -0.3 is 19.9 Å². The number of hydrogen-bond acceptors (Lipinski definition) is 6. The number of furan rings is 1. The van der Waals surface area contributed by atoms with Gasteiger partial charge in [0.2, 0.25) is 5.91 Å². The van der Waals surface area contributed by atoms with E-state index in [1.54, 1.807) is 13.8 Å². The summed E-state index contributed by atoms with van der Waals surface area (Å²) >= 11 is 0. The van der Waals surface area contributed by atoms with Gasteiger partial charge in [0, 0.05) is 10.8 Å². The van der Waals surface area contributed by atoms with Crippen LogP contribution in [0.2, 0.25) is 0 Å². The Balaban J connectivity index is 0.000000676. The highest BCUT2D eigenvalue weighted by Gasteiger charge is 2.47. The Morgan fingerprint density at radius 1 is 1.00 bits per heavy atom. The fraction of sp³-hybridized carbons (Fsp3) is 0.464. The number of hydrogen-bond donors (Lipinski definition) is 4. The average molecular weight is 638 g/mol. The maximum Gasteiger partial charge on any atom is 0.490 e. The first-order valence-corrected chi connectivity index (χ1v) is 13.1. The third kappa shape index (κ3) is 8.35. The standard InChI is InChI=1S/C26H26F5N3O3.C2HF3O2/c1-13(2)9-18(24(36)34-25(12-32)7-8-25)33-22(26(29,30)31)15-3-5-16-17-10-14(21(35)23(27)28)4-6-19(17)37-20(16)11-15;3-2(4,5)1(6)7/h3-6,10-11,13,18,21-23,33,35H,7-9H2,1-2H3,(H,34,36);(H,6,7)/t18-,21?,22-;/m0./s1. The van der Waals surface area contributed by atoms with Gasteiger partial charge in [-0.15, -0.1) is 0 Å². The van der Waals surface area contributed by atoms with Gasteiger partial charge in [0.1, 0.15) is 28.9 Å². The van der Waals surface area contributed by atoms with Gasteiger partial charge >= 0.3 is 18.3 Å². The van der Waals surface area contributed by atoms with Crippen LogP contribution >= 0.6 is 0 Å². The van der Waals surface area contributed by atoms with Gasteiger partial charge in [-0.3, -0.25) is 10.1 Å². The van der Waals surface area contributed by atoms with E-state index in [4.69, 9.17) is 14.3 Å². The Labute approximate surface area is 244 Å². The lowest BCUT2D eigenvalue weighted by Gasteiger charge is -2.29. The monoisotopic (exact) mass is 637 g/mol. The SMILES string of the molecule is CC(C)C[C@H](N[C@@H](c1ccc2c(c1)oc1ccc(C(O)C(F)F)cc12)C(F)(F)F)C(=O)NC1(C#N)CC1.O=C(O)C(F)(F)F. The molecular weight excluding hydrogens is 610 g/mol. The molecule has 240 valence electrons. The number of aliphatic hydroxyl groups is 1. The van der Waals surface area contributed by atoms with E-state index in [1.165, 1.54) is 36.4 Å². The van der Waals surface area contributed by atoms with Crippen LogP contribution in [0, 0.1) is 17.2 Å². The summed E-state index contributed by atoms with van der Waals surface area (Å²) in [6.07, 6.45) is -13.8. The Hall–Kier alpha value is -3.97. The van der Waals surface area contributed by atoms with E-state index < -0.39 is 54.4 Å². The number of nitriles is 1. The first-order chi connectivity index (χ1) is 20.3. The third-order valence-corrected chi connectivity index (χ3v) is 6.72. The van der Waals surface area contributed by atoms with Crippen molar-refractivity contribution in [3.05, 3.63) is 47.5 Å². The number of rotatable bonds is 9. The number of fused-ring (bicyclic) bond motifs is 3. The van der Waals surface area contributed by atoms with Crippen LogP contribution in [-0.2, 0) is 9.59 Å². The molecule has 1 fully saturated rings. The second kappa shape index (κ2) is 12.9. The molecule has 1 heterocycles. The van der Waals surface area contributed by atoms with Gasteiger partial charge in [0.15, 0.2) is 0 Å². The van der Waals surface area contributed by atoms with Crippen molar-refractivity contribution < 1.29 is 59.3 Å². The zero-order chi connectivity index (χ0) is 33.2. The summed E-state index contributed by atoms with van der Waals surface area (Å²) in [4.78, 5) is 21.8. The molecule has 1 aliphatic carbocycles. The Morgan fingerprint density at radius 2 is 1.59 bits per heavy atom. The average Bonchev–Trinajstić information content (AvgIpc) is 3.59. The molecule has 0 radical (unpaired) electrons. The molecule has 3 atom stereocenters. The quantitative estimate of drug-likeness (QED) is 0.202. The summed E-state index contributed by atoms with van der Waals surface area (Å²) in [6.45, 7) is 3.56. The van der Waals surface area contributed by atoms with E-state index >= 15 is 0 Å². The second-order valence-corrected chi connectivity index (χ2v) is 10.7. The molecule has 3 aromatic rings. The Bertz CT molecular complexity index is 1540. The van der Waals surface area contributed by atoms with Gasteiger partial charge in [0.05, 0.1) is 12.1 Å². The minimum Gasteiger partial charge on any atom is -0.475 e. The summed E-state index contributed by atoms with van der Waals surface area (Å²) in [5.41, 5.74) is -0.908. The van der Waals surface area contributed by atoms with E-state index in [2.05, 4.69) is 10.6 Å². The smallest absolute Gasteiger partial charge is 0.475 e. The van der Waals surface area contributed by atoms with Crippen LogP contribution in [-0.4, -0.2) is 52.4 Å². The number of nitrogens with zero attached hydrogens (tertiary/aromatic N) is 1. The fourth-order valence-corrected chi connectivity index (χ4v) is 4.34. The highest BCUT2D eigenvalue weighted by Crippen LogP contribution is 2.39. The van der Waals surface area contributed by atoms with Crippen LogP contribution in [0.4, 0.5) is 35.1 Å². The maximum absolute atomic E-state index is 14.2. The van der Waals surface area contributed by atoms with Crippen molar-refractivity contribution in [2.45, 2.75) is 75.6 Å². The van der Waals surface area contributed by atoms with Crippen LogP contribution in [0.15, 0.2) is 40.8 Å². The molecule has 8 nitrogen and oxygen atoms in total. The van der Waals surface area contributed by atoms with Crippen LogP contribution in [0.1, 0.15) is 56.4 Å². The first kappa shape index (κ1) is 34.5. The van der Waals surface area contributed by atoms with E-state index in [1.807, 2.05) is 6.07 Å². The highest BCUT2D eigenvalue weighted by atomic mass is 19.4. The highest BCUT2D eigenvalue weighted by molar-refractivity contribution is 6.05. The number of nitrogens with one attached hydrogen (secondary N) is 2. The van der Waals surface area contributed by atoms with Crippen molar-refractivity contribution in [1.82, 2.24) is 10.6 Å². The zero-order valence-electron chi connectivity index (χ0n) is 23.1. The molecule has 1 unspecified atom stereocenters. The van der Waals surface area contributed by atoms with Crippen molar-refractivity contribution >= 4 is 33.8 Å². The van der Waals surface area contributed by atoms with Crippen molar-refractivity contribution in [1.29, 1.82) is 5.26 Å². The number of carbonyl (C=O) groups is 2. The van der Waals surface area contributed by atoms with Crippen LogP contribution in [0.5, 0.6) is 0 Å². The summed E-state index contributed by atoms with van der Waals surface area (Å²) < 4.78 is 106. The molecule has 1 aromatic heterocycles. The number of aliphatic hydroxyl groups excluding tert-OH is 1. The molecule has 1 amide bonds. The van der Waals surface area contributed by atoms with Crippen molar-refractivity contribution in [2.75, 3.05) is 0 Å². The summed E-state index contributed by atoms with van der Waals surface area (Å²) in [7, 11) is 0. The Kier molecular flexibility index (Phi) is 10.2. The number of halogens is 8. The number of carbonyl (C=O) groups excluding carboxylic acids is 1. The van der Waals surface area contributed by atoms with E-state index in [0.717, 1.165) is 0 Å². The van der Waals surface area contributed by atoms with Gasteiger partial charge in [-0.25, -0.2) is 13.6 Å². The largest absolute Gasteiger partial charge is 0.490 e. The van der Waals surface area contributed by atoms with Gasteiger partial charge in [-0.2, -0.15) is 31.6 Å².